The molecule has 0 aliphatic rings. The molecule has 2 aromatic rings. The van der Waals surface area contributed by atoms with E-state index in [0.29, 0.717) is 19.5 Å². The van der Waals surface area contributed by atoms with Crippen molar-refractivity contribution in [1.29, 1.82) is 0 Å². The number of carbonyl (C=O) groups excluding carboxylic acids is 1. The van der Waals surface area contributed by atoms with E-state index in [9.17, 15) is 9.18 Å². The Morgan fingerprint density at radius 1 is 0.958 bits per heavy atom. The van der Waals surface area contributed by atoms with E-state index in [1.54, 1.807) is 24.1 Å². The van der Waals surface area contributed by atoms with Crippen LogP contribution in [-0.4, -0.2) is 38.6 Å². The van der Waals surface area contributed by atoms with E-state index in [-0.39, 0.29) is 11.8 Å². The highest BCUT2D eigenvalue weighted by Crippen LogP contribution is 2.13. The van der Waals surface area contributed by atoms with Crippen LogP contribution in [-0.2, 0) is 13.0 Å². The van der Waals surface area contributed by atoms with Crippen LogP contribution < -0.4 is 10.2 Å². The number of carbonyl (C=O) groups is 1. The molecule has 0 aliphatic heterocycles. The van der Waals surface area contributed by atoms with Gasteiger partial charge in [0.15, 0.2) is 0 Å². The summed E-state index contributed by atoms with van der Waals surface area (Å²) < 4.78 is 12.8. The average Bonchev–Trinajstić information content (AvgIpc) is 2.57. The molecule has 1 N–H and O–H groups in total. The van der Waals surface area contributed by atoms with Gasteiger partial charge in [-0.1, -0.05) is 24.3 Å². The molecular formula is C19H24FN3O. The highest BCUT2D eigenvalue weighted by molar-refractivity contribution is 5.73. The fourth-order valence-electron chi connectivity index (χ4n) is 2.34. The molecule has 0 aliphatic carbocycles. The topological polar surface area (TPSA) is 35.6 Å². The summed E-state index contributed by atoms with van der Waals surface area (Å²) in [5.74, 6) is -0.247. The number of anilines is 1. The summed E-state index contributed by atoms with van der Waals surface area (Å²) >= 11 is 0. The molecule has 5 heteroatoms. The van der Waals surface area contributed by atoms with Gasteiger partial charge in [-0.2, -0.15) is 0 Å². The van der Waals surface area contributed by atoms with E-state index in [1.165, 1.54) is 12.1 Å². The van der Waals surface area contributed by atoms with E-state index in [4.69, 9.17) is 0 Å². The van der Waals surface area contributed by atoms with Crippen LogP contribution in [0.25, 0.3) is 0 Å². The van der Waals surface area contributed by atoms with Gasteiger partial charge in [0.05, 0.1) is 0 Å². The third-order valence-corrected chi connectivity index (χ3v) is 3.82. The number of hydrogen-bond donors (Lipinski definition) is 1. The van der Waals surface area contributed by atoms with Gasteiger partial charge in [-0.05, 0) is 41.8 Å². The summed E-state index contributed by atoms with van der Waals surface area (Å²) in [6.07, 6.45) is 0.678. The van der Waals surface area contributed by atoms with Crippen molar-refractivity contribution in [3.63, 3.8) is 0 Å². The van der Waals surface area contributed by atoms with Gasteiger partial charge in [0.2, 0.25) is 0 Å². The van der Waals surface area contributed by atoms with Crippen LogP contribution >= 0.6 is 0 Å². The van der Waals surface area contributed by atoms with Gasteiger partial charge >= 0.3 is 6.03 Å². The van der Waals surface area contributed by atoms with Gasteiger partial charge in [-0.25, -0.2) is 9.18 Å². The molecule has 0 saturated heterocycles. The number of rotatable bonds is 6. The molecule has 0 aromatic heterocycles. The molecule has 0 radical (unpaired) electrons. The van der Waals surface area contributed by atoms with E-state index >= 15 is 0 Å². The molecule has 128 valence electrons. The molecule has 0 fully saturated rings. The first-order valence-electron chi connectivity index (χ1n) is 7.95. The monoisotopic (exact) mass is 329 g/mol. The molecule has 0 saturated carbocycles. The number of amides is 2. The zero-order chi connectivity index (χ0) is 17.5. The molecule has 2 amide bonds. The number of nitrogens with zero attached hydrogens (tertiary/aromatic N) is 2. The summed E-state index contributed by atoms with van der Waals surface area (Å²) in [7, 11) is 5.76. The van der Waals surface area contributed by atoms with Crippen molar-refractivity contribution in [2.45, 2.75) is 13.0 Å². The van der Waals surface area contributed by atoms with E-state index in [2.05, 4.69) is 5.32 Å². The third-order valence-electron chi connectivity index (χ3n) is 3.82. The fourth-order valence-corrected chi connectivity index (χ4v) is 2.34. The van der Waals surface area contributed by atoms with Crippen LogP contribution in [0.3, 0.4) is 0 Å². The predicted octanol–water partition coefficient (Wildman–Crippen LogP) is 3.28. The van der Waals surface area contributed by atoms with Crippen LogP contribution in [0, 0.1) is 5.82 Å². The maximum Gasteiger partial charge on any atom is 0.317 e. The second kappa shape index (κ2) is 8.34. The van der Waals surface area contributed by atoms with Crippen LogP contribution in [0.2, 0.25) is 0 Å². The summed E-state index contributed by atoms with van der Waals surface area (Å²) in [5.41, 5.74) is 3.21. The first-order chi connectivity index (χ1) is 11.5. The highest BCUT2D eigenvalue weighted by Gasteiger charge is 2.08. The molecule has 0 bridgehead atoms. The molecule has 0 atom stereocenters. The largest absolute Gasteiger partial charge is 0.378 e. The summed E-state index contributed by atoms with van der Waals surface area (Å²) in [6.45, 7) is 1.07. The van der Waals surface area contributed by atoms with Gasteiger partial charge in [0.25, 0.3) is 0 Å². The van der Waals surface area contributed by atoms with E-state index in [1.807, 2.05) is 43.3 Å². The average molecular weight is 329 g/mol. The first kappa shape index (κ1) is 17.8. The molecular weight excluding hydrogens is 305 g/mol. The Morgan fingerprint density at radius 3 is 2.12 bits per heavy atom. The van der Waals surface area contributed by atoms with Crippen LogP contribution in [0.5, 0.6) is 0 Å². The normalized spacial score (nSPS) is 10.3. The summed E-state index contributed by atoms with van der Waals surface area (Å²) in [4.78, 5) is 15.8. The molecule has 0 spiro atoms. The zero-order valence-corrected chi connectivity index (χ0v) is 14.4. The third kappa shape index (κ3) is 5.26. The molecule has 0 unspecified atom stereocenters. The number of nitrogens with one attached hydrogen (secondary N) is 1. The Morgan fingerprint density at radius 2 is 1.54 bits per heavy atom. The maximum atomic E-state index is 12.8. The van der Waals surface area contributed by atoms with E-state index < -0.39 is 0 Å². The highest BCUT2D eigenvalue weighted by atomic mass is 19.1. The zero-order valence-electron chi connectivity index (χ0n) is 14.4. The van der Waals surface area contributed by atoms with Gasteiger partial charge in [0.1, 0.15) is 5.82 Å². The van der Waals surface area contributed by atoms with Gasteiger partial charge in [0, 0.05) is 39.9 Å². The Hall–Kier alpha value is -2.56. The van der Waals surface area contributed by atoms with Crippen molar-refractivity contribution < 1.29 is 9.18 Å². The fraction of sp³-hybridized carbons (Fsp3) is 0.316. The molecule has 2 rings (SSSR count). The standard InChI is InChI=1S/C19H24FN3O/c1-22(2)18-10-6-16(7-11-18)14-23(3)19(24)21-13-12-15-4-8-17(20)9-5-15/h4-11H,12-14H2,1-3H3,(H,21,24). The van der Waals surface area contributed by atoms with Crippen LogP contribution in [0.4, 0.5) is 14.9 Å². The van der Waals surface area contributed by atoms with Crippen LogP contribution in [0.15, 0.2) is 48.5 Å². The number of halogens is 1. The Labute approximate surface area is 142 Å². The Balaban J connectivity index is 1.78. The number of benzene rings is 2. The van der Waals surface area contributed by atoms with Crippen LogP contribution in [0.1, 0.15) is 11.1 Å². The van der Waals surface area contributed by atoms with Crippen molar-refractivity contribution >= 4 is 11.7 Å². The van der Waals surface area contributed by atoms with Crippen molar-refractivity contribution in [2.24, 2.45) is 0 Å². The lowest BCUT2D eigenvalue weighted by Crippen LogP contribution is -2.37. The van der Waals surface area contributed by atoms with Crippen molar-refractivity contribution in [3.8, 4) is 0 Å². The SMILES string of the molecule is CN(Cc1ccc(N(C)C)cc1)C(=O)NCCc1ccc(F)cc1. The summed E-state index contributed by atoms with van der Waals surface area (Å²) in [6, 6.07) is 14.3. The summed E-state index contributed by atoms with van der Waals surface area (Å²) in [5, 5.41) is 2.88. The minimum atomic E-state index is -0.247. The lowest BCUT2D eigenvalue weighted by atomic mass is 10.1. The Bertz CT molecular complexity index is 653. The van der Waals surface area contributed by atoms with Crippen molar-refractivity contribution in [1.82, 2.24) is 10.2 Å². The number of hydrogen-bond acceptors (Lipinski definition) is 2. The molecule has 0 heterocycles. The quantitative estimate of drug-likeness (QED) is 0.883. The maximum absolute atomic E-state index is 12.8. The Kier molecular flexibility index (Phi) is 6.18. The van der Waals surface area contributed by atoms with Gasteiger partial charge in [-0.3, -0.25) is 0 Å². The van der Waals surface area contributed by atoms with E-state index in [0.717, 1.165) is 16.8 Å². The number of urea groups is 1. The van der Waals surface area contributed by atoms with Crippen molar-refractivity contribution in [2.75, 3.05) is 32.6 Å². The second-order valence-corrected chi connectivity index (χ2v) is 6.03. The van der Waals surface area contributed by atoms with Gasteiger partial charge < -0.3 is 15.1 Å². The second-order valence-electron chi connectivity index (χ2n) is 6.03. The molecule has 4 nitrogen and oxygen atoms in total. The molecule has 2 aromatic carbocycles. The lowest BCUT2D eigenvalue weighted by Gasteiger charge is -2.19. The minimum absolute atomic E-state index is 0.117. The molecule has 24 heavy (non-hydrogen) atoms. The first-order valence-corrected chi connectivity index (χ1v) is 7.95. The van der Waals surface area contributed by atoms with Gasteiger partial charge in [-0.15, -0.1) is 0 Å². The lowest BCUT2D eigenvalue weighted by molar-refractivity contribution is 0.207. The van der Waals surface area contributed by atoms with Crippen molar-refractivity contribution in [3.05, 3.63) is 65.5 Å². The smallest absolute Gasteiger partial charge is 0.317 e. The minimum Gasteiger partial charge on any atom is -0.378 e. The predicted molar refractivity (Wildman–Crippen MR) is 95.7 cm³/mol.